The zero-order valence-corrected chi connectivity index (χ0v) is 34.3. The van der Waals surface area contributed by atoms with Crippen molar-refractivity contribution in [2.45, 2.75) is 70.2 Å². The van der Waals surface area contributed by atoms with Crippen LogP contribution < -0.4 is 16.4 Å². The summed E-state index contributed by atoms with van der Waals surface area (Å²) in [6, 6.07) is 8.22. The summed E-state index contributed by atoms with van der Waals surface area (Å²) in [6.45, 7) is 1.27. The van der Waals surface area contributed by atoms with E-state index >= 15 is 0 Å². The number of hydrogen-bond donors (Lipinski definition) is 9. The van der Waals surface area contributed by atoms with Crippen molar-refractivity contribution in [3.05, 3.63) is 48.5 Å². The number of carbonyl (C=O) groups excluding carboxylic acids is 4. The van der Waals surface area contributed by atoms with Crippen LogP contribution in [0.2, 0.25) is 0 Å². The van der Waals surface area contributed by atoms with Crippen molar-refractivity contribution in [2.24, 2.45) is 5.41 Å². The summed E-state index contributed by atoms with van der Waals surface area (Å²) >= 11 is 0. The van der Waals surface area contributed by atoms with Gasteiger partial charge in [0.2, 0.25) is 11.8 Å². The van der Waals surface area contributed by atoms with Crippen LogP contribution in [0.5, 0.6) is 0 Å². The molecule has 4 rings (SSSR count). The number of rotatable bonds is 22. The fraction of sp³-hybridized carbons (Fsp3) is 0.516. The molecule has 1 fully saturated rings. The van der Waals surface area contributed by atoms with E-state index in [1.807, 2.05) is 0 Å². The number of imidazole rings is 1. The standard InChI is InChI=1S/C31H44N7O18P3/c1-30(2,26(43)29(44)34-12-10-22(41)33-11-9-19(39)13-20(40)18-7-5-4-6-8-18)15-53-59(50,51)56-58(48,49)52-14-21-24(55-57(45,46)47)25(42)31(3,54-21)38-17-37-23-27(32)35-16-36-28(23)38/h4-8,16-17,21,24-26,42-43H,9-15H2,1-3H3,(H,33,41)(H,34,44)(H,48,49)(H,50,51)(H2,32,35,36)(H2,45,46,47). The van der Waals surface area contributed by atoms with Crippen molar-refractivity contribution < 1.29 is 85.3 Å². The minimum Gasteiger partial charge on any atom is -0.385 e. The molecule has 1 aliphatic rings. The Morgan fingerprint density at radius 2 is 1.63 bits per heavy atom. The lowest BCUT2D eigenvalue weighted by Crippen LogP contribution is -2.46. The third-order valence-corrected chi connectivity index (χ3v) is 11.8. The topological polar surface area (TPSA) is 381 Å². The van der Waals surface area contributed by atoms with Gasteiger partial charge in [0, 0.05) is 36.9 Å². The van der Waals surface area contributed by atoms with Crippen LogP contribution >= 0.6 is 23.5 Å². The number of aliphatic hydroxyl groups is 2. The summed E-state index contributed by atoms with van der Waals surface area (Å²) in [6.07, 6.45) is -6.13. The van der Waals surface area contributed by atoms with Gasteiger partial charge < -0.3 is 50.9 Å². The van der Waals surface area contributed by atoms with Crippen LogP contribution in [0.4, 0.5) is 5.82 Å². The van der Waals surface area contributed by atoms with Crippen LogP contribution in [0, 0.1) is 5.41 Å². The second kappa shape index (κ2) is 19.2. The number of ketones is 2. The smallest absolute Gasteiger partial charge is 0.385 e. The predicted molar refractivity (Wildman–Crippen MR) is 199 cm³/mol. The van der Waals surface area contributed by atoms with Crippen molar-refractivity contribution in [1.82, 2.24) is 30.2 Å². The number of carbonyl (C=O) groups is 4. The SMILES string of the molecule is CC(C)(COP(=O)(O)OP(=O)(O)OCC1OC(C)(n2cnc3c(N)ncnc32)C(O)C1OP(=O)(O)O)C(O)C(=O)NCCC(=O)NCCC(=O)CC(=O)c1ccccc1. The number of ether oxygens (including phenoxy) is 1. The molecule has 2 aromatic heterocycles. The minimum atomic E-state index is -5.61. The molecule has 10 N–H and O–H groups in total. The van der Waals surface area contributed by atoms with E-state index in [4.69, 9.17) is 24.0 Å². The molecule has 0 radical (unpaired) electrons. The number of nitrogens with zero attached hydrogens (tertiary/aromatic N) is 4. The van der Waals surface area contributed by atoms with E-state index in [0.29, 0.717) is 5.56 Å². The molecular formula is C31H44N7O18P3. The molecule has 326 valence electrons. The number of nitrogen functional groups attached to an aromatic ring is 1. The van der Waals surface area contributed by atoms with Crippen LogP contribution in [-0.4, -0.2) is 123 Å². The lowest BCUT2D eigenvalue weighted by molar-refractivity contribution is -0.137. The van der Waals surface area contributed by atoms with Gasteiger partial charge in [-0.2, -0.15) is 4.31 Å². The highest BCUT2D eigenvalue weighted by molar-refractivity contribution is 7.61. The Labute approximate surface area is 335 Å². The maximum absolute atomic E-state index is 12.8. The molecule has 0 saturated carbocycles. The normalized spacial score (nSPS) is 22.3. The van der Waals surface area contributed by atoms with Crippen molar-refractivity contribution >= 4 is 63.8 Å². The second-order valence-corrected chi connectivity index (χ2v) is 18.1. The molecule has 3 heterocycles. The Morgan fingerprint density at radius 3 is 2.29 bits per heavy atom. The molecule has 28 heteroatoms. The second-order valence-electron chi connectivity index (χ2n) is 13.9. The van der Waals surface area contributed by atoms with Gasteiger partial charge in [0.15, 0.2) is 23.0 Å². The Balaban J connectivity index is 1.24. The average molecular weight is 896 g/mol. The number of aliphatic hydroxyl groups excluding tert-OH is 2. The fourth-order valence-corrected chi connectivity index (χ4v) is 8.41. The van der Waals surface area contributed by atoms with Gasteiger partial charge in [0.1, 0.15) is 42.0 Å². The first-order valence-electron chi connectivity index (χ1n) is 17.4. The lowest BCUT2D eigenvalue weighted by Gasteiger charge is -2.30. The Morgan fingerprint density at radius 1 is 0.983 bits per heavy atom. The molecule has 2 amide bonds. The van der Waals surface area contributed by atoms with E-state index in [1.165, 1.54) is 20.8 Å². The number of phosphoric ester groups is 3. The molecule has 0 aliphatic carbocycles. The Hall–Kier alpha value is -3.90. The monoisotopic (exact) mass is 895 g/mol. The van der Waals surface area contributed by atoms with Crippen LogP contribution in [0.1, 0.15) is 50.4 Å². The molecule has 25 nitrogen and oxygen atoms in total. The molecule has 1 aliphatic heterocycles. The maximum atomic E-state index is 12.8. The summed E-state index contributed by atoms with van der Waals surface area (Å²) in [5.41, 5.74) is 2.62. The number of aromatic nitrogens is 4. The quantitative estimate of drug-likeness (QED) is 0.0358. The number of nitrogens with one attached hydrogen (secondary N) is 2. The molecule has 1 aromatic carbocycles. The van der Waals surface area contributed by atoms with E-state index in [1.54, 1.807) is 30.3 Å². The molecule has 59 heavy (non-hydrogen) atoms. The van der Waals surface area contributed by atoms with Gasteiger partial charge in [0.25, 0.3) is 0 Å². The lowest BCUT2D eigenvalue weighted by atomic mass is 9.87. The minimum absolute atomic E-state index is 0.00977. The third kappa shape index (κ3) is 13.0. The van der Waals surface area contributed by atoms with Crippen LogP contribution in [0.15, 0.2) is 43.0 Å². The molecular weight excluding hydrogens is 851 g/mol. The summed E-state index contributed by atoms with van der Waals surface area (Å²) in [5, 5.41) is 26.5. The largest absolute Gasteiger partial charge is 0.481 e. The van der Waals surface area contributed by atoms with Crippen molar-refractivity contribution in [3.8, 4) is 0 Å². The van der Waals surface area contributed by atoms with Crippen molar-refractivity contribution in [1.29, 1.82) is 0 Å². The van der Waals surface area contributed by atoms with Crippen molar-refractivity contribution in [3.63, 3.8) is 0 Å². The van der Waals surface area contributed by atoms with Gasteiger partial charge in [-0.1, -0.05) is 44.2 Å². The molecule has 3 aromatic rings. The summed E-state index contributed by atoms with van der Waals surface area (Å²) in [7, 11) is -16.5. The Kier molecular flexibility index (Phi) is 15.6. The van der Waals surface area contributed by atoms with Crippen LogP contribution in [0.3, 0.4) is 0 Å². The number of benzene rings is 1. The van der Waals surface area contributed by atoms with Gasteiger partial charge >= 0.3 is 23.5 Å². The molecule has 7 unspecified atom stereocenters. The van der Waals surface area contributed by atoms with E-state index in [-0.39, 0.29) is 60.9 Å². The van der Waals surface area contributed by atoms with Gasteiger partial charge in [-0.05, 0) is 6.92 Å². The maximum Gasteiger partial charge on any atom is 0.481 e. The summed E-state index contributed by atoms with van der Waals surface area (Å²) in [4.78, 5) is 100. The number of fused-ring (bicyclic) bond motifs is 1. The fourth-order valence-electron chi connectivity index (χ4n) is 5.59. The van der Waals surface area contributed by atoms with Crippen LogP contribution in [0.25, 0.3) is 11.2 Å². The number of anilines is 1. The van der Waals surface area contributed by atoms with Gasteiger partial charge in [0.05, 0.1) is 26.0 Å². The van der Waals surface area contributed by atoms with E-state index in [9.17, 15) is 62.7 Å². The molecule has 0 bridgehead atoms. The highest BCUT2D eigenvalue weighted by Gasteiger charge is 2.57. The first-order valence-corrected chi connectivity index (χ1v) is 21.9. The van der Waals surface area contributed by atoms with E-state index in [2.05, 4.69) is 29.9 Å². The highest BCUT2D eigenvalue weighted by Crippen LogP contribution is 2.61. The molecule has 0 spiro atoms. The summed E-state index contributed by atoms with van der Waals surface area (Å²) < 4.78 is 62.7. The number of amides is 2. The third-order valence-electron chi connectivity index (χ3n) is 8.74. The van der Waals surface area contributed by atoms with Gasteiger partial charge in [-0.15, -0.1) is 0 Å². The number of Topliss-reactive ketones (excluding diaryl/α,β-unsaturated/α-hetero) is 2. The predicted octanol–water partition coefficient (Wildman–Crippen LogP) is -0.189. The highest BCUT2D eigenvalue weighted by atomic mass is 31.3. The Bertz CT molecular complexity index is 2150. The molecule has 7 atom stereocenters. The first kappa shape index (κ1) is 47.8. The van der Waals surface area contributed by atoms with Crippen LogP contribution in [-0.2, 0) is 56.4 Å². The summed E-state index contributed by atoms with van der Waals surface area (Å²) in [5.74, 6) is -2.38. The molecule has 1 saturated heterocycles. The van der Waals surface area contributed by atoms with E-state index < -0.39 is 84.1 Å². The van der Waals surface area contributed by atoms with Gasteiger partial charge in [-0.25, -0.2) is 28.6 Å². The number of hydrogen-bond acceptors (Lipinski definition) is 18. The van der Waals surface area contributed by atoms with E-state index in [0.717, 1.165) is 17.2 Å². The zero-order chi connectivity index (χ0) is 44.0. The number of phosphoric acid groups is 3. The first-order chi connectivity index (χ1) is 27.3. The average Bonchev–Trinajstić information content (AvgIpc) is 3.69. The zero-order valence-electron chi connectivity index (χ0n) is 31.6. The van der Waals surface area contributed by atoms with Gasteiger partial charge in [-0.3, -0.25) is 37.3 Å². The number of nitrogens with two attached hydrogens (primary N) is 1. The van der Waals surface area contributed by atoms with Crippen molar-refractivity contribution in [2.75, 3.05) is 32.0 Å².